The highest BCUT2D eigenvalue weighted by Gasteiger charge is 2.08. The molecule has 2 heterocycles. The number of imidazole rings is 1. The minimum atomic E-state index is 0.630. The van der Waals surface area contributed by atoms with E-state index in [0.29, 0.717) is 16.9 Å². The van der Waals surface area contributed by atoms with Crippen LogP contribution in [0.5, 0.6) is 0 Å². The largest absolute Gasteiger partial charge is 0.331 e. The second kappa shape index (κ2) is 4.61. The van der Waals surface area contributed by atoms with Crippen molar-refractivity contribution in [3.63, 3.8) is 0 Å². The van der Waals surface area contributed by atoms with E-state index in [1.54, 1.807) is 17.4 Å². The van der Waals surface area contributed by atoms with Crippen LogP contribution in [-0.4, -0.2) is 14.5 Å². The van der Waals surface area contributed by atoms with Gasteiger partial charge in [0, 0.05) is 11.1 Å². The summed E-state index contributed by atoms with van der Waals surface area (Å²) in [6.07, 6.45) is 0. The molecule has 0 aliphatic carbocycles. The molecule has 19 heavy (non-hydrogen) atoms. The third-order valence-corrected chi connectivity index (χ3v) is 4.14. The first-order chi connectivity index (χ1) is 9.17. The molecule has 6 heteroatoms. The molecule has 0 saturated heterocycles. The van der Waals surface area contributed by atoms with Crippen LogP contribution in [0.4, 0.5) is 0 Å². The van der Waals surface area contributed by atoms with Crippen molar-refractivity contribution in [2.45, 2.75) is 13.5 Å². The summed E-state index contributed by atoms with van der Waals surface area (Å²) in [5.74, 6) is 0. The number of aromatic amines is 1. The summed E-state index contributed by atoms with van der Waals surface area (Å²) in [5.41, 5.74) is 3.53. The fourth-order valence-corrected chi connectivity index (χ4v) is 3.02. The number of nitrogens with one attached hydrogen (secondary N) is 1. The molecule has 0 fully saturated rings. The second-order valence-corrected chi connectivity index (χ2v) is 5.57. The minimum Gasteiger partial charge on any atom is -0.331 e. The summed E-state index contributed by atoms with van der Waals surface area (Å²) >= 11 is 6.96. The zero-order valence-corrected chi connectivity index (χ0v) is 11.8. The Labute approximate surface area is 119 Å². The number of benzene rings is 1. The third kappa shape index (κ3) is 2.18. The van der Waals surface area contributed by atoms with Crippen molar-refractivity contribution in [2.24, 2.45) is 0 Å². The molecule has 1 aromatic carbocycles. The predicted molar refractivity (Wildman–Crippen MR) is 77.8 cm³/mol. The lowest BCUT2D eigenvalue weighted by Gasteiger charge is -2.01. The van der Waals surface area contributed by atoms with Crippen molar-refractivity contribution in [2.75, 3.05) is 0 Å². The molecule has 0 aliphatic rings. The van der Waals surface area contributed by atoms with E-state index in [9.17, 15) is 0 Å². The van der Waals surface area contributed by atoms with Gasteiger partial charge in [0.25, 0.3) is 0 Å². The molecule has 1 N–H and O–H groups in total. The Morgan fingerprint density at radius 1 is 1.53 bits per heavy atom. The summed E-state index contributed by atoms with van der Waals surface area (Å²) in [7, 11) is 0. The molecule has 0 bridgehead atoms. The lowest BCUT2D eigenvalue weighted by atomic mass is 10.2. The monoisotopic (exact) mass is 286 g/mol. The Bertz CT molecular complexity index is 848. The molecule has 0 aliphatic heterocycles. The summed E-state index contributed by atoms with van der Waals surface area (Å²) in [4.78, 5) is 7.60. The lowest BCUT2D eigenvalue weighted by Crippen LogP contribution is -1.99. The Kier molecular flexibility index (Phi) is 2.93. The molecule has 0 saturated carbocycles. The number of fused-ring (bicyclic) bond motifs is 1. The van der Waals surface area contributed by atoms with Crippen LogP contribution in [0.25, 0.3) is 11.0 Å². The van der Waals surface area contributed by atoms with Gasteiger partial charge in [-0.05, 0) is 37.3 Å². The Morgan fingerprint density at radius 3 is 3.05 bits per heavy atom. The van der Waals surface area contributed by atoms with Gasteiger partial charge in [-0.3, -0.25) is 0 Å². The van der Waals surface area contributed by atoms with Crippen molar-refractivity contribution < 1.29 is 0 Å². The summed E-state index contributed by atoms with van der Waals surface area (Å²) < 4.78 is 2.63. The first kappa shape index (κ1) is 12.1. The van der Waals surface area contributed by atoms with Crippen molar-refractivity contribution in [3.8, 4) is 6.07 Å². The van der Waals surface area contributed by atoms with Gasteiger partial charge in [0.2, 0.25) is 0 Å². The molecule has 3 aromatic rings. The van der Waals surface area contributed by atoms with Crippen molar-refractivity contribution in [1.29, 1.82) is 5.26 Å². The molecule has 2 aromatic heterocycles. The van der Waals surface area contributed by atoms with Gasteiger partial charge in [-0.15, -0.1) is 11.3 Å². The zero-order valence-electron chi connectivity index (χ0n) is 10.2. The molecule has 4 nitrogen and oxygen atoms in total. The van der Waals surface area contributed by atoms with E-state index in [0.717, 1.165) is 21.7 Å². The minimum absolute atomic E-state index is 0.630. The van der Waals surface area contributed by atoms with E-state index in [2.05, 4.69) is 16.0 Å². The maximum absolute atomic E-state index is 8.98. The van der Waals surface area contributed by atoms with Crippen LogP contribution >= 0.6 is 23.6 Å². The highest BCUT2D eigenvalue weighted by molar-refractivity contribution is 7.71. The Morgan fingerprint density at radius 2 is 2.37 bits per heavy atom. The number of thiazole rings is 1. The Hall–Kier alpha value is -1.97. The van der Waals surface area contributed by atoms with Crippen LogP contribution in [0.2, 0.25) is 0 Å². The smallest absolute Gasteiger partial charge is 0.178 e. The van der Waals surface area contributed by atoms with Gasteiger partial charge in [0.05, 0.1) is 29.2 Å². The van der Waals surface area contributed by atoms with Crippen molar-refractivity contribution >= 4 is 34.6 Å². The number of aromatic nitrogens is 3. The third-order valence-electron chi connectivity index (χ3n) is 2.86. The lowest BCUT2D eigenvalue weighted by molar-refractivity contribution is 0.800. The molecular formula is C13H10N4S2. The number of aryl methyl sites for hydroxylation is 1. The highest BCUT2D eigenvalue weighted by Crippen LogP contribution is 2.19. The molecule has 0 unspecified atom stereocenters. The molecule has 0 atom stereocenters. The van der Waals surface area contributed by atoms with Crippen LogP contribution in [-0.2, 0) is 6.54 Å². The van der Waals surface area contributed by atoms with Crippen LogP contribution in [0.3, 0.4) is 0 Å². The first-order valence-corrected chi connectivity index (χ1v) is 7.00. The van der Waals surface area contributed by atoms with Crippen LogP contribution in [0, 0.1) is 23.0 Å². The number of hydrogen-bond acceptors (Lipinski definition) is 4. The van der Waals surface area contributed by atoms with E-state index in [-0.39, 0.29) is 0 Å². The van der Waals surface area contributed by atoms with Gasteiger partial charge in [-0.25, -0.2) is 4.98 Å². The Balaban J connectivity index is 2.14. The number of rotatable bonds is 2. The van der Waals surface area contributed by atoms with E-state index >= 15 is 0 Å². The number of nitriles is 1. The highest BCUT2D eigenvalue weighted by atomic mass is 32.1. The topological polar surface area (TPSA) is 57.4 Å². The molecule has 0 spiro atoms. The zero-order chi connectivity index (χ0) is 13.4. The maximum Gasteiger partial charge on any atom is 0.178 e. The molecular weight excluding hydrogens is 276 g/mol. The van der Waals surface area contributed by atoms with Crippen LogP contribution < -0.4 is 0 Å². The molecule has 3 rings (SSSR count). The first-order valence-electron chi connectivity index (χ1n) is 5.71. The second-order valence-electron chi connectivity index (χ2n) is 4.24. The number of hydrogen-bond donors (Lipinski definition) is 1. The number of H-pyrrole nitrogens is 1. The van der Waals surface area contributed by atoms with Gasteiger partial charge in [0.1, 0.15) is 5.01 Å². The quantitative estimate of drug-likeness (QED) is 0.735. The van der Waals surface area contributed by atoms with E-state index < -0.39 is 0 Å². The predicted octanol–water partition coefficient (Wildman–Crippen LogP) is 3.38. The summed E-state index contributed by atoms with van der Waals surface area (Å²) in [6, 6.07) is 7.66. The SMILES string of the molecule is Cc1csc(Cn2c(=S)[nH]c3ccc(C#N)cc32)n1. The van der Waals surface area contributed by atoms with Crippen LogP contribution in [0.1, 0.15) is 16.3 Å². The van der Waals surface area contributed by atoms with Gasteiger partial charge < -0.3 is 9.55 Å². The fourth-order valence-electron chi connectivity index (χ4n) is 1.99. The molecule has 0 amide bonds. The standard InChI is InChI=1S/C13H10N4S2/c1-8-7-19-12(15-8)6-17-11-4-9(5-14)2-3-10(11)16-13(17)18/h2-4,7H,6H2,1H3,(H,16,18). The van der Waals surface area contributed by atoms with Gasteiger partial charge in [-0.1, -0.05) is 0 Å². The van der Waals surface area contributed by atoms with Gasteiger partial charge in [0.15, 0.2) is 4.77 Å². The van der Waals surface area contributed by atoms with Gasteiger partial charge >= 0.3 is 0 Å². The van der Waals surface area contributed by atoms with E-state index in [4.69, 9.17) is 17.5 Å². The number of nitrogens with zero attached hydrogens (tertiary/aromatic N) is 3. The summed E-state index contributed by atoms with van der Waals surface area (Å²) in [5, 5.41) is 12.0. The van der Waals surface area contributed by atoms with E-state index in [1.807, 2.05) is 29.0 Å². The van der Waals surface area contributed by atoms with Crippen molar-refractivity contribution in [1.82, 2.24) is 14.5 Å². The maximum atomic E-state index is 8.98. The van der Waals surface area contributed by atoms with Crippen LogP contribution in [0.15, 0.2) is 23.6 Å². The van der Waals surface area contributed by atoms with E-state index in [1.165, 1.54) is 0 Å². The molecule has 0 radical (unpaired) electrons. The average Bonchev–Trinajstić information content (AvgIpc) is 2.94. The normalized spacial score (nSPS) is 10.7. The van der Waals surface area contributed by atoms with Gasteiger partial charge in [-0.2, -0.15) is 5.26 Å². The van der Waals surface area contributed by atoms with Crippen molar-refractivity contribution in [3.05, 3.63) is 44.6 Å². The summed E-state index contributed by atoms with van der Waals surface area (Å²) in [6.45, 7) is 2.61. The fraction of sp³-hybridized carbons (Fsp3) is 0.154. The molecule has 94 valence electrons. The average molecular weight is 286 g/mol.